The fourth-order valence-corrected chi connectivity index (χ4v) is 6.83. The average Bonchev–Trinajstić information content (AvgIpc) is 2.75. The van der Waals surface area contributed by atoms with Crippen molar-refractivity contribution in [3.63, 3.8) is 0 Å². The highest BCUT2D eigenvalue weighted by atomic mass is 32.2. The summed E-state index contributed by atoms with van der Waals surface area (Å²) in [7, 11) is 0. The second-order valence-corrected chi connectivity index (χ2v) is 10.3. The zero-order valence-electron chi connectivity index (χ0n) is 17.1. The molecule has 2 unspecified atom stereocenters. The molecule has 1 fully saturated rings. The summed E-state index contributed by atoms with van der Waals surface area (Å²) in [5, 5.41) is 20.0. The minimum absolute atomic E-state index is 0.0872. The Morgan fingerprint density at radius 2 is 1.74 bits per heavy atom. The topological polar surface area (TPSA) is 46.9 Å². The van der Waals surface area contributed by atoms with E-state index in [2.05, 4.69) is 15.9 Å². The smallest absolute Gasteiger partial charge is 0.395 e. The van der Waals surface area contributed by atoms with Gasteiger partial charge in [-0.1, -0.05) is 35.7 Å². The summed E-state index contributed by atoms with van der Waals surface area (Å²) in [6.45, 7) is 5.35. The Bertz CT molecular complexity index is 852. The lowest BCUT2D eigenvalue weighted by Gasteiger charge is -2.36. The maximum atomic E-state index is 13.1. The lowest BCUT2D eigenvalue weighted by molar-refractivity contribution is -0.137. The molecule has 3 aliphatic rings. The number of aliphatic hydroxyl groups excluding tert-OH is 2. The third-order valence-corrected chi connectivity index (χ3v) is 8.75. The molecule has 0 spiro atoms. The van der Waals surface area contributed by atoms with Gasteiger partial charge in [0.1, 0.15) is 0 Å². The largest absolute Gasteiger partial charge is 0.416 e. The first-order chi connectivity index (χ1) is 14.8. The van der Waals surface area contributed by atoms with Crippen LogP contribution in [0.3, 0.4) is 0 Å². The highest BCUT2D eigenvalue weighted by Gasteiger charge is 2.35. The van der Waals surface area contributed by atoms with Crippen molar-refractivity contribution in [2.24, 2.45) is 5.92 Å². The lowest BCUT2D eigenvalue weighted by Crippen LogP contribution is -2.47. The van der Waals surface area contributed by atoms with E-state index in [-0.39, 0.29) is 12.5 Å². The van der Waals surface area contributed by atoms with Crippen molar-refractivity contribution >= 4 is 23.5 Å². The van der Waals surface area contributed by atoms with Gasteiger partial charge in [0.05, 0.1) is 18.3 Å². The third-order valence-electron chi connectivity index (χ3n) is 6.04. The van der Waals surface area contributed by atoms with Crippen LogP contribution in [0, 0.1) is 5.92 Å². The van der Waals surface area contributed by atoms with E-state index in [0.29, 0.717) is 24.3 Å². The van der Waals surface area contributed by atoms with E-state index in [1.54, 1.807) is 6.07 Å². The number of fused-ring (bicyclic) bond motifs is 1. The van der Waals surface area contributed by atoms with E-state index in [4.69, 9.17) is 5.11 Å². The van der Waals surface area contributed by atoms with Crippen LogP contribution in [-0.4, -0.2) is 72.0 Å². The molecule has 1 aromatic rings. The van der Waals surface area contributed by atoms with Crippen LogP contribution in [-0.2, 0) is 6.18 Å². The molecule has 0 saturated carbocycles. The van der Waals surface area contributed by atoms with Crippen LogP contribution in [0.1, 0.15) is 18.4 Å². The van der Waals surface area contributed by atoms with Gasteiger partial charge in [-0.2, -0.15) is 13.2 Å². The van der Waals surface area contributed by atoms with E-state index >= 15 is 0 Å². The number of piperazine rings is 1. The van der Waals surface area contributed by atoms with Crippen LogP contribution in [0.25, 0.3) is 0 Å². The second kappa shape index (κ2) is 9.89. The van der Waals surface area contributed by atoms with Crippen molar-refractivity contribution < 1.29 is 23.4 Å². The zero-order chi connectivity index (χ0) is 22.0. The molecular weight excluding hydrogens is 445 g/mol. The number of rotatable bonds is 6. The molecule has 4 rings (SSSR count). The van der Waals surface area contributed by atoms with Crippen LogP contribution < -0.4 is 0 Å². The molecule has 0 aromatic heterocycles. The van der Waals surface area contributed by atoms with E-state index in [9.17, 15) is 18.3 Å². The first-order valence-corrected chi connectivity index (χ1v) is 12.2. The molecule has 31 heavy (non-hydrogen) atoms. The van der Waals surface area contributed by atoms with Crippen molar-refractivity contribution in [3.05, 3.63) is 45.7 Å². The Morgan fingerprint density at radius 3 is 2.42 bits per heavy atom. The number of hydrogen-bond acceptors (Lipinski definition) is 6. The molecule has 170 valence electrons. The maximum Gasteiger partial charge on any atom is 0.416 e. The van der Waals surface area contributed by atoms with Gasteiger partial charge < -0.3 is 15.1 Å². The predicted molar refractivity (Wildman–Crippen MR) is 118 cm³/mol. The Balaban J connectivity index is 1.39. The number of aliphatic hydroxyl groups is 2. The van der Waals surface area contributed by atoms with E-state index in [1.165, 1.54) is 29.6 Å². The Labute approximate surface area is 189 Å². The molecule has 4 nitrogen and oxygen atoms in total. The van der Waals surface area contributed by atoms with Gasteiger partial charge in [-0.25, -0.2) is 0 Å². The number of hydrogen-bond donors (Lipinski definition) is 2. The number of alkyl halides is 3. The minimum atomic E-state index is -4.36. The number of β-amino-alcohol motifs (C(OH)–C–C–N with tert-alkyl or cyclic N) is 1. The minimum Gasteiger partial charge on any atom is -0.395 e. The monoisotopic (exact) mass is 472 g/mol. The predicted octanol–water partition coefficient (Wildman–Crippen LogP) is 4.05. The molecule has 0 bridgehead atoms. The number of nitrogens with zero attached hydrogens (tertiary/aromatic N) is 2. The van der Waals surface area contributed by atoms with Crippen LogP contribution in [0.15, 0.2) is 50.0 Å². The molecule has 2 atom stereocenters. The second-order valence-electron chi connectivity index (χ2n) is 8.10. The SMILES string of the molecule is OCCN1CCN(CCC(O)C2CC=CC3=C2Sc2cc(C(F)(F)F)ccc2S3)CC1. The van der Waals surface area contributed by atoms with Gasteiger partial charge in [-0.15, -0.1) is 0 Å². The molecule has 1 aliphatic carbocycles. The molecule has 9 heteroatoms. The summed E-state index contributed by atoms with van der Waals surface area (Å²) >= 11 is 2.87. The van der Waals surface area contributed by atoms with Gasteiger partial charge in [0.15, 0.2) is 0 Å². The fraction of sp³-hybridized carbons (Fsp3) is 0.545. The van der Waals surface area contributed by atoms with Gasteiger partial charge >= 0.3 is 6.18 Å². The summed E-state index contributed by atoms with van der Waals surface area (Å²) in [6.07, 6.45) is 0.523. The van der Waals surface area contributed by atoms with E-state index < -0.39 is 17.8 Å². The summed E-state index contributed by atoms with van der Waals surface area (Å²) in [5.41, 5.74) is -0.632. The zero-order valence-corrected chi connectivity index (χ0v) is 18.8. The standard InChI is InChI=1S/C22H27F3N2O2S2/c23-22(24,25)15-4-5-18-20(14-15)31-21-16(2-1-3-19(21)30-18)17(29)6-7-26-8-10-27(11-9-26)12-13-28/h1,3-5,14,16-17,28-29H,2,6-13H2. The Morgan fingerprint density at radius 1 is 1.03 bits per heavy atom. The quantitative estimate of drug-likeness (QED) is 0.652. The van der Waals surface area contributed by atoms with Crippen molar-refractivity contribution in [1.29, 1.82) is 0 Å². The van der Waals surface area contributed by atoms with Crippen LogP contribution >= 0.6 is 23.5 Å². The van der Waals surface area contributed by atoms with Crippen LogP contribution in [0.4, 0.5) is 13.2 Å². The van der Waals surface area contributed by atoms with E-state index in [1.807, 2.05) is 6.08 Å². The average molecular weight is 473 g/mol. The summed E-state index contributed by atoms with van der Waals surface area (Å²) in [4.78, 5) is 8.03. The normalized spacial score (nSPS) is 23.6. The van der Waals surface area contributed by atoms with Crippen molar-refractivity contribution in [3.8, 4) is 0 Å². The van der Waals surface area contributed by atoms with Crippen molar-refractivity contribution in [2.75, 3.05) is 45.9 Å². The molecule has 1 saturated heterocycles. The van der Waals surface area contributed by atoms with Gasteiger partial charge in [0.25, 0.3) is 0 Å². The van der Waals surface area contributed by atoms with Crippen molar-refractivity contribution in [2.45, 2.75) is 34.9 Å². The molecule has 2 heterocycles. The molecule has 0 amide bonds. The lowest BCUT2D eigenvalue weighted by atomic mass is 9.92. The van der Waals surface area contributed by atoms with Gasteiger partial charge in [-0.3, -0.25) is 4.90 Å². The highest BCUT2D eigenvalue weighted by molar-refractivity contribution is 8.09. The van der Waals surface area contributed by atoms with E-state index in [0.717, 1.165) is 53.5 Å². The summed E-state index contributed by atoms with van der Waals surface area (Å²) < 4.78 is 39.4. The summed E-state index contributed by atoms with van der Waals surface area (Å²) in [6, 6.07) is 3.91. The number of benzene rings is 1. The number of halogens is 3. The molecule has 2 aliphatic heterocycles. The molecule has 2 N–H and O–H groups in total. The fourth-order valence-electron chi connectivity index (χ4n) is 4.22. The van der Waals surface area contributed by atoms with Crippen LogP contribution in [0.2, 0.25) is 0 Å². The highest BCUT2D eigenvalue weighted by Crippen LogP contribution is 2.53. The first kappa shape index (κ1) is 23.2. The van der Waals surface area contributed by atoms with Gasteiger partial charge in [-0.05, 0) is 31.0 Å². The number of allylic oxidation sites excluding steroid dienone is 2. The van der Waals surface area contributed by atoms with Crippen molar-refractivity contribution in [1.82, 2.24) is 9.80 Å². The Hall–Kier alpha value is -0.970. The number of thioether (sulfide) groups is 2. The third kappa shape index (κ3) is 5.51. The van der Waals surface area contributed by atoms with Gasteiger partial charge in [0.2, 0.25) is 0 Å². The van der Waals surface area contributed by atoms with Gasteiger partial charge in [0, 0.05) is 64.8 Å². The molecule has 0 radical (unpaired) electrons. The maximum absolute atomic E-state index is 13.1. The molecular formula is C22H27F3N2O2S2. The van der Waals surface area contributed by atoms with Crippen LogP contribution in [0.5, 0.6) is 0 Å². The summed E-state index contributed by atoms with van der Waals surface area (Å²) in [5.74, 6) is -0.0872. The first-order valence-electron chi connectivity index (χ1n) is 10.6. The molecule has 1 aromatic carbocycles. The Kier molecular flexibility index (Phi) is 7.40.